The average Bonchev–Trinajstić information content (AvgIpc) is 2.50. The summed E-state index contributed by atoms with van der Waals surface area (Å²) in [6, 6.07) is 20.8. The van der Waals surface area contributed by atoms with Gasteiger partial charge >= 0.3 is 0 Å². The normalized spacial score (nSPS) is 12.5. The molecule has 3 aromatic carbocycles. The lowest BCUT2D eigenvalue weighted by molar-refractivity contribution is 0.912. The summed E-state index contributed by atoms with van der Waals surface area (Å²) < 4.78 is 0. The van der Waals surface area contributed by atoms with Crippen LogP contribution in [0.15, 0.2) is 60.7 Å². The van der Waals surface area contributed by atoms with Crippen LogP contribution in [-0.4, -0.2) is 0 Å². The van der Waals surface area contributed by atoms with Crippen molar-refractivity contribution < 1.29 is 0 Å². The molecule has 0 bridgehead atoms. The van der Waals surface area contributed by atoms with Gasteiger partial charge in [-0.25, -0.2) is 0 Å². The van der Waals surface area contributed by atoms with Crippen molar-refractivity contribution in [2.45, 2.75) is 18.7 Å². The first-order valence-corrected chi connectivity index (χ1v) is 7.83. The van der Waals surface area contributed by atoms with Crippen LogP contribution < -0.4 is 0 Å². The number of halogens is 2. The molecule has 0 aliphatic carbocycles. The lowest BCUT2D eigenvalue weighted by atomic mass is 9.98. The second kappa shape index (κ2) is 6.09. The van der Waals surface area contributed by atoms with Gasteiger partial charge in [-0.15, -0.1) is 11.6 Å². The highest BCUT2D eigenvalue weighted by atomic mass is 35.5. The van der Waals surface area contributed by atoms with Gasteiger partial charge in [0.2, 0.25) is 0 Å². The Morgan fingerprint density at radius 3 is 2.48 bits per heavy atom. The van der Waals surface area contributed by atoms with Crippen LogP contribution in [0.5, 0.6) is 0 Å². The molecule has 0 aromatic heterocycles. The Bertz CT molecular complexity index is 777. The van der Waals surface area contributed by atoms with Crippen LogP contribution in [0.25, 0.3) is 10.8 Å². The number of alkyl halides is 1. The molecule has 3 rings (SSSR count). The van der Waals surface area contributed by atoms with Gasteiger partial charge in [0.15, 0.2) is 0 Å². The van der Waals surface area contributed by atoms with Crippen molar-refractivity contribution in [2.75, 3.05) is 0 Å². The van der Waals surface area contributed by atoms with Gasteiger partial charge in [-0.3, -0.25) is 0 Å². The quantitative estimate of drug-likeness (QED) is 0.496. The fourth-order valence-electron chi connectivity index (χ4n) is 2.65. The predicted molar refractivity (Wildman–Crippen MR) is 92.4 cm³/mol. The van der Waals surface area contributed by atoms with Crippen molar-refractivity contribution in [3.05, 3.63) is 82.4 Å². The average molecular weight is 315 g/mol. The van der Waals surface area contributed by atoms with Gasteiger partial charge in [-0.1, -0.05) is 66.2 Å². The summed E-state index contributed by atoms with van der Waals surface area (Å²) in [6.07, 6.45) is 0.799. The van der Waals surface area contributed by atoms with E-state index in [1.54, 1.807) is 0 Å². The maximum atomic E-state index is 6.61. The Hall–Kier alpha value is -1.50. The molecular weight excluding hydrogens is 299 g/mol. The van der Waals surface area contributed by atoms with E-state index < -0.39 is 0 Å². The van der Waals surface area contributed by atoms with Crippen molar-refractivity contribution in [2.24, 2.45) is 0 Å². The molecule has 2 heteroatoms. The molecule has 0 aliphatic rings. The lowest BCUT2D eigenvalue weighted by Gasteiger charge is -2.14. The van der Waals surface area contributed by atoms with Crippen LogP contribution in [0.4, 0.5) is 0 Å². The predicted octanol–water partition coefficient (Wildman–Crippen LogP) is 6.32. The maximum absolute atomic E-state index is 6.61. The first-order valence-electron chi connectivity index (χ1n) is 7.02. The van der Waals surface area contributed by atoms with E-state index in [1.807, 2.05) is 19.1 Å². The highest BCUT2D eigenvalue weighted by Gasteiger charge is 2.13. The van der Waals surface area contributed by atoms with E-state index in [2.05, 4.69) is 48.5 Å². The fourth-order valence-corrected chi connectivity index (χ4v) is 3.24. The number of hydrogen-bond acceptors (Lipinski definition) is 0. The molecule has 106 valence electrons. The molecule has 0 N–H and O–H groups in total. The highest BCUT2D eigenvalue weighted by Crippen LogP contribution is 2.31. The molecule has 0 saturated heterocycles. The SMILES string of the molecule is Cc1c(Cl)cccc1C(Cl)Cc1ccc2ccccc2c1. The Balaban J connectivity index is 1.89. The Morgan fingerprint density at radius 1 is 0.905 bits per heavy atom. The van der Waals surface area contributed by atoms with Crippen molar-refractivity contribution >= 4 is 34.0 Å². The Morgan fingerprint density at radius 2 is 1.67 bits per heavy atom. The minimum Gasteiger partial charge on any atom is -0.117 e. The zero-order chi connectivity index (χ0) is 14.8. The number of fused-ring (bicyclic) bond motifs is 1. The third-order valence-corrected chi connectivity index (χ3v) is 4.67. The van der Waals surface area contributed by atoms with Gasteiger partial charge in [-0.2, -0.15) is 0 Å². The Kier molecular flexibility index (Phi) is 4.19. The third kappa shape index (κ3) is 3.07. The zero-order valence-electron chi connectivity index (χ0n) is 11.8. The highest BCUT2D eigenvalue weighted by molar-refractivity contribution is 6.31. The van der Waals surface area contributed by atoms with Crippen LogP contribution in [-0.2, 0) is 6.42 Å². The van der Waals surface area contributed by atoms with Crippen molar-refractivity contribution in [3.8, 4) is 0 Å². The number of rotatable bonds is 3. The summed E-state index contributed by atoms with van der Waals surface area (Å²) in [5.74, 6) is 0. The number of benzene rings is 3. The minimum absolute atomic E-state index is 0.0649. The van der Waals surface area contributed by atoms with E-state index >= 15 is 0 Å². The number of hydrogen-bond donors (Lipinski definition) is 0. The van der Waals surface area contributed by atoms with Gasteiger partial charge in [0.25, 0.3) is 0 Å². The summed E-state index contributed by atoms with van der Waals surface area (Å²) in [4.78, 5) is 0. The summed E-state index contributed by atoms with van der Waals surface area (Å²) in [5, 5.41) is 3.22. The summed E-state index contributed by atoms with van der Waals surface area (Å²) >= 11 is 12.8. The van der Waals surface area contributed by atoms with Crippen molar-refractivity contribution in [3.63, 3.8) is 0 Å². The smallest absolute Gasteiger partial charge is 0.0628 e. The van der Waals surface area contributed by atoms with Crippen LogP contribution >= 0.6 is 23.2 Å². The monoisotopic (exact) mass is 314 g/mol. The van der Waals surface area contributed by atoms with Crippen LogP contribution in [0.1, 0.15) is 22.1 Å². The van der Waals surface area contributed by atoms with E-state index in [-0.39, 0.29) is 5.38 Å². The van der Waals surface area contributed by atoms with Gasteiger partial charge in [0.05, 0.1) is 5.38 Å². The standard InChI is InChI=1S/C19H16Cl2/c1-13-17(7-4-8-18(13)20)19(21)12-14-9-10-15-5-2-3-6-16(15)11-14/h2-11,19H,12H2,1H3. The summed E-state index contributed by atoms with van der Waals surface area (Å²) in [5.41, 5.74) is 3.42. The molecule has 0 heterocycles. The summed E-state index contributed by atoms with van der Waals surface area (Å²) in [7, 11) is 0. The van der Waals surface area contributed by atoms with E-state index in [0.29, 0.717) is 0 Å². The topological polar surface area (TPSA) is 0 Å². The fraction of sp³-hybridized carbons (Fsp3) is 0.158. The second-order valence-corrected chi connectivity index (χ2v) is 6.24. The first kappa shape index (κ1) is 14.4. The molecule has 0 aliphatic heterocycles. The van der Waals surface area contributed by atoms with Gasteiger partial charge < -0.3 is 0 Å². The lowest BCUT2D eigenvalue weighted by Crippen LogP contribution is -1.99. The van der Waals surface area contributed by atoms with E-state index in [0.717, 1.165) is 22.6 Å². The molecule has 1 unspecified atom stereocenters. The first-order chi connectivity index (χ1) is 10.1. The minimum atomic E-state index is -0.0649. The van der Waals surface area contributed by atoms with Gasteiger partial charge in [-0.05, 0) is 46.9 Å². The van der Waals surface area contributed by atoms with E-state index in [1.165, 1.54) is 16.3 Å². The molecule has 0 saturated carbocycles. The molecular formula is C19H16Cl2. The Labute approximate surface area is 135 Å². The van der Waals surface area contributed by atoms with Crippen LogP contribution in [0, 0.1) is 6.92 Å². The zero-order valence-corrected chi connectivity index (χ0v) is 13.3. The van der Waals surface area contributed by atoms with Crippen LogP contribution in [0.2, 0.25) is 5.02 Å². The second-order valence-electron chi connectivity index (χ2n) is 5.31. The maximum Gasteiger partial charge on any atom is 0.0628 e. The van der Waals surface area contributed by atoms with Crippen molar-refractivity contribution in [1.29, 1.82) is 0 Å². The van der Waals surface area contributed by atoms with Gasteiger partial charge in [0.1, 0.15) is 0 Å². The largest absolute Gasteiger partial charge is 0.117 e. The molecule has 1 atom stereocenters. The molecule has 0 amide bonds. The third-order valence-electron chi connectivity index (χ3n) is 3.88. The molecule has 0 fully saturated rings. The molecule has 3 aromatic rings. The van der Waals surface area contributed by atoms with E-state index in [4.69, 9.17) is 23.2 Å². The van der Waals surface area contributed by atoms with E-state index in [9.17, 15) is 0 Å². The van der Waals surface area contributed by atoms with Crippen molar-refractivity contribution in [1.82, 2.24) is 0 Å². The molecule has 0 spiro atoms. The van der Waals surface area contributed by atoms with Gasteiger partial charge in [0, 0.05) is 5.02 Å². The molecule has 0 nitrogen and oxygen atoms in total. The molecule has 0 radical (unpaired) electrons. The van der Waals surface area contributed by atoms with Crippen LogP contribution in [0.3, 0.4) is 0 Å². The molecule has 21 heavy (non-hydrogen) atoms. The summed E-state index contributed by atoms with van der Waals surface area (Å²) in [6.45, 7) is 2.02.